The Morgan fingerprint density at radius 2 is 2.24 bits per heavy atom. The second-order valence-electron chi connectivity index (χ2n) is 4.92. The Balaban J connectivity index is 1.95. The molecule has 0 N–H and O–H groups in total. The predicted octanol–water partition coefficient (Wildman–Crippen LogP) is 2.59. The maximum atomic E-state index is 5.26. The van der Waals surface area contributed by atoms with E-state index in [0.29, 0.717) is 5.92 Å². The minimum atomic E-state index is 0.542. The lowest BCUT2D eigenvalue weighted by molar-refractivity contribution is 0.348. The molecule has 1 aromatic carbocycles. The fourth-order valence-corrected chi connectivity index (χ4v) is 2.77. The molecule has 2 heterocycles. The summed E-state index contributed by atoms with van der Waals surface area (Å²) in [6, 6.07) is 6.28. The smallest absolute Gasteiger partial charge is 0.121 e. The molecule has 2 aliphatic heterocycles. The molecule has 0 amide bonds. The van der Waals surface area contributed by atoms with Crippen LogP contribution in [-0.2, 0) is 0 Å². The van der Waals surface area contributed by atoms with Gasteiger partial charge in [-0.05, 0) is 38.1 Å². The van der Waals surface area contributed by atoms with E-state index in [1.165, 1.54) is 17.7 Å². The first-order chi connectivity index (χ1) is 8.28. The summed E-state index contributed by atoms with van der Waals surface area (Å²) in [6.07, 6.45) is 2.28. The number of benzene rings is 1. The highest BCUT2D eigenvalue weighted by Crippen LogP contribution is 2.41. The molecule has 0 aromatic heterocycles. The third kappa shape index (κ3) is 1.84. The van der Waals surface area contributed by atoms with Crippen LogP contribution < -0.4 is 4.74 Å². The number of ether oxygens (including phenoxy) is 1. The number of nitrogens with zero attached hydrogens (tertiary/aromatic N) is 2. The van der Waals surface area contributed by atoms with Crippen LogP contribution in [0, 0.1) is 0 Å². The lowest BCUT2D eigenvalue weighted by atomic mass is 9.92. The standard InChI is InChI=1S/C14H18N2O/c1-16-7-5-12-11-4-3-10(17-2)9-14(11)15-13(12)6-8-16/h3-4,9,12H,5-8H2,1-2H3. The van der Waals surface area contributed by atoms with E-state index in [9.17, 15) is 0 Å². The van der Waals surface area contributed by atoms with Gasteiger partial charge in [-0.15, -0.1) is 0 Å². The topological polar surface area (TPSA) is 24.8 Å². The van der Waals surface area contributed by atoms with Gasteiger partial charge >= 0.3 is 0 Å². The summed E-state index contributed by atoms with van der Waals surface area (Å²) < 4.78 is 5.26. The van der Waals surface area contributed by atoms with Crippen LogP contribution in [0.4, 0.5) is 5.69 Å². The van der Waals surface area contributed by atoms with Gasteiger partial charge in [-0.1, -0.05) is 6.07 Å². The zero-order valence-corrected chi connectivity index (χ0v) is 10.4. The first kappa shape index (κ1) is 10.8. The van der Waals surface area contributed by atoms with Crippen LogP contribution in [-0.4, -0.2) is 37.9 Å². The Labute approximate surface area is 102 Å². The summed E-state index contributed by atoms with van der Waals surface area (Å²) >= 11 is 0. The molecule has 90 valence electrons. The van der Waals surface area contributed by atoms with Crippen LogP contribution in [0.3, 0.4) is 0 Å². The summed E-state index contributed by atoms with van der Waals surface area (Å²) in [7, 11) is 3.90. The van der Waals surface area contributed by atoms with Gasteiger partial charge in [-0.25, -0.2) is 0 Å². The van der Waals surface area contributed by atoms with E-state index in [1.54, 1.807) is 7.11 Å². The van der Waals surface area contributed by atoms with Gasteiger partial charge in [0.25, 0.3) is 0 Å². The molecule has 1 unspecified atom stereocenters. The quantitative estimate of drug-likeness (QED) is 0.740. The van der Waals surface area contributed by atoms with Crippen molar-refractivity contribution >= 4 is 11.4 Å². The zero-order valence-electron chi connectivity index (χ0n) is 10.4. The maximum absolute atomic E-state index is 5.26. The van der Waals surface area contributed by atoms with Crippen LogP contribution in [0.2, 0.25) is 0 Å². The van der Waals surface area contributed by atoms with Gasteiger partial charge < -0.3 is 9.64 Å². The molecule has 0 spiro atoms. The van der Waals surface area contributed by atoms with Gasteiger partial charge in [0.2, 0.25) is 0 Å². The van der Waals surface area contributed by atoms with E-state index in [4.69, 9.17) is 9.73 Å². The highest BCUT2D eigenvalue weighted by Gasteiger charge is 2.29. The summed E-state index contributed by atoms with van der Waals surface area (Å²) in [5.74, 6) is 1.45. The van der Waals surface area contributed by atoms with Crippen molar-refractivity contribution in [1.29, 1.82) is 0 Å². The van der Waals surface area contributed by atoms with E-state index in [2.05, 4.69) is 24.1 Å². The number of fused-ring (bicyclic) bond motifs is 3. The number of rotatable bonds is 1. The van der Waals surface area contributed by atoms with Gasteiger partial charge in [0.1, 0.15) is 5.75 Å². The van der Waals surface area contributed by atoms with Crippen LogP contribution in [0.1, 0.15) is 24.3 Å². The first-order valence-electron chi connectivity index (χ1n) is 6.22. The summed E-state index contributed by atoms with van der Waals surface area (Å²) in [5.41, 5.74) is 3.86. The SMILES string of the molecule is COc1ccc2c(c1)N=C1CCN(C)CCC12. The lowest BCUT2D eigenvalue weighted by Crippen LogP contribution is -2.18. The fraction of sp³-hybridized carbons (Fsp3) is 0.500. The highest BCUT2D eigenvalue weighted by atomic mass is 16.5. The molecule has 0 bridgehead atoms. The Hall–Kier alpha value is -1.35. The summed E-state index contributed by atoms with van der Waals surface area (Å²) in [4.78, 5) is 7.18. The van der Waals surface area contributed by atoms with Crippen LogP contribution >= 0.6 is 0 Å². The lowest BCUT2D eigenvalue weighted by Gasteiger charge is -2.13. The third-order valence-electron chi connectivity index (χ3n) is 3.83. The first-order valence-corrected chi connectivity index (χ1v) is 6.22. The Morgan fingerprint density at radius 1 is 1.35 bits per heavy atom. The van der Waals surface area contributed by atoms with Crippen molar-refractivity contribution in [3.8, 4) is 5.75 Å². The number of likely N-dealkylation sites (tertiary alicyclic amines) is 1. The molecule has 1 atom stereocenters. The monoisotopic (exact) mass is 230 g/mol. The van der Waals surface area contributed by atoms with Crippen LogP contribution in [0.15, 0.2) is 23.2 Å². The van der Waals surface area contributed by atoms with E-state index >= 15 is 0 Å². The molecule has 1 fully saturated rings. The minimum Gasteiger partial charge on any atom is -0.497 e. The maximum Gasteiger partial charge on any atom is 0.121 e. The van der Waals surface area contributed by atoms with Crippen molar-refractivity contribution in [3.05, 3.63) is 23.8 Å². The average Bonchev–Trinajstić information content (AvgIpc) is 2.60. The van der Waals surface area contributed by atoms with Crippen molar-refractivity contribution < 1.29 is 4.74 Å². The van der Waals surface area contributed by atoms with Crippen molar-refractivity contribution in [3.63, 3.8) is 0 Å². The number of aliphatic imine (C=N–C) groups is 1. The molecule has 1 aromatic rings. The van der Waals surface area contributed by atoms with Gasteiger partial charge in [0, 0.05) is 24.2 Å². The Morgan fingerprint density at radius 3 is 3.06 bits per heavy atom. The predicted molar refractivity (Wildman–Crippen MR) is 69.6 cm³/mol. The zero-order chi connectivity index (χ0) is 11.8. The minimum absolute atomic E-state index is 0.542. The molecule has 0 aliphatic carbocycles. The molecule has 3 heteroatoms. The molecule has 0 saturated carbocycles. The fourth-order valence-electron chi connectivity index (χ4n) is 2.77. The summed E-state index contributed by atoms with van der Waals surface area (Å²) in [6.45, 7) is 2.29. The second kappa shape index (κ2) is 4.15. The van der Waals surface area contributed by atoms with Crippen LogP contribution in [0.25, 0.3) is 0 Å². The second-order valence-corrected chi connectivity index (χ2v) is 4.92. The van der Waals surface area contributed by atoms with Gasteiger partial charge in [-0.3, -0.25) is 4.99 Å². The molecule has 0 radical (unpaired) electrons. The van der Waals surface area contributed by atoms with Crippen molar-refractivity contribution in [2.75, 3.05) is 27.2 Å². The van der Waals surface area contributed by atoms with E-state index in [0.717, 1.165) is 30.9 Å². The van der Waals surface area contributed by atoms with Crippen molar-refractivity contribution in [1.82, 2.24) is 4.90 Å². The molecular formula is C14H18N2O. The van der Waals surface area contributed by atoms with Gasteiger partial charge in [-0.2, -0.15) is 0 Å². The van der Waals surface area contributed by atoms with E-state index < -0.39 is 0 Å². The van der Waals surface area contributed by atoms with Crippen LogP contribution in [0.5, 0.6) is 5.75 Å². The molecule has 1 saturated heterocycles. The molecule has 17 heavy (non-hydrogen) atoms. The number of hydrogen-bond donors (Lipinski definition) is 0. The van der Waals surface area contributed by atoms with Crippen molar-refractivity contribution in [2.45, 2.75) is 18.8 Å². The van der Waals surface area contributed by atoms with Gasteiger partial charge in [0.15, 0.2) is 0 Å². The largest absolute Gasteiger partial charge is 0.497 e. The van der Waals surface area contributed by atoms with Gasteiger partial charge in [0.05, 0.1) is 12.8 Å². The summed E-state index contributed by atoms with van der Waals surface area (Å²) in [5, 5.41) is 0. The van der Waals surface area contributed by atoms with Crippen molar-refractivity contribution in [2.24, 2.45) is 4.99 Å². The molecule has 3 rings (SSSR count). The third-order valence-corrected chi connectivity index (χ3v) is 3.83. The average molecular weight is 230 g/mol. The molecular weight excluding hydrogens is 212 g/mol. The Kier molecular flexibility index (Phi) is 2.63. The normalized spacial score (nSPS) is 23.6. The molecule has 2 aliphatic rings. The molecule has 3 nitrogen and oxygen atoms in total. The number of methoxy groups -OCH3 is 1. The Bertz CT molecular complexity index is 467. The highest BCUT2D eigenvalue weighted by molar-refractivity contribution is 5.98. The van der Waals surface area contributed by atoms with E-state index in [1.807, 2.05) is 6.07 Å². The van der Waals surface area contributed by atoms with E-state index in [-0.39, 0.29) is 0 Å². The number of hydrogen-bond acceptors (Lipinski definition) is 3.